The van der Waals surface area contributed by atoms with Gasteiger partial charge in [-0.05, 0) is 34.1 Å². The van der Waals surface area contributed by atoms with Gasteiger partial charge in [0.2, 0.25) is 0 Å². The van der Waals surface area contributed by atoms with Gasteiger partial charge in [0.05, 0.1) is 9.40 Å². The molecule has 1 aromatic heterocycles. The quantitative estimate of drug-likeness (QED) is 0.677. The molecule has 1 aromatic carbocycles. The molecule has 0 bridgehead atoms. The number of carbonyl (C=O) groups excluding carboxylic acids is 1. The highest BCUT2D eigenvalue weighted by Crippen LogP contribution is 2.27. The number of amides is 1. The van der Waals surface area contributed by atoms with Gasteiger partial charge in [0, 0.05) is 36.6 Å². The molecule has 0 radical (unpaired) electrons. The van der Waals surface area contributed by atoms with Gasteiger partial charge in [-0.25, -0.2) is 0 Å². The number of benzene rings is 1. The molecule has 1 heterocycles. The number of nitro groups is 1. The van der Waals surface area contributed by atoms with Crippen molar-refractivity contribution in [1.29, 1.82) is 0 Å². The molecule has 1 N–H and O–H groups in total. The van der Waals surface area contributed by atoms with Crippen molar-refractivity contribution < 1.29 is 9.72 Å². The van der Waals surface area contributed by atoms with Crippen molar-refractivity contribution in [3.63, 3.8) is 0 Å². The summed E-state index contributed by atoms with van der Waals surface area (Å²) >= 11 is 3.07. The first-order chi connectivity index (χ1) is 9.88. The fourth-order valence-electron chi connectivity index (χ4n) is 1.63. The standard InChI is InChI=1S/C13H10BrN3O4/c1-16-5-4-8(6-12(16)18)13(19)15-9-2-3-11(17(20)21)10(14)7-9/h2-7H,1H3,(H,15,19). The molecular formula is C13H10BrN3O4. The van der Waals surface area contributed by atoms with Crippen molar-refractivity contribution in [1.82, 2.24) is 4.57 Å². The van der Waals surface area contributed by atoms with Crippen LogP contribution in [0, 0.1) is 10.1 Å². The number of pyridine rings is 1. The van der Waals surface area contributed by atoms with E-state index in [1.165, 1.54) is 41.1 Å². The molecule has 0 aliphatic carbocycles. The minimum atomic E-state index is -0.531. The topological polar surface area (TPSA) is 94.2 Å². The zero-order valence-corrected chi connectivity index (χ0v) is 12.5. The van der Waals surface area contributed by atoms with Crippen LogP contribution >= 0.6 is 15.9 Å². The normalized spacial score (nSPS) is 10.2. The number of nitro benzene ring substituents is 1. The SMILES string of the molecule is Cn1ccc(C(=O)Nc2ccc([N+](=O)[O-])c(Br)c2)cc1=O. The van der Waals surface area contributed by atoms with E-state index >= 15 is 0 Å². The number of aromatic nitrogens is 1. The lowest BCUT2D eigenvalue weighted by atomic mass is 10.2. The Bertz CT molecular complexity index is 785. The Morgan fingerprint density at radius 3 is 2.62 bits per heavy atom. The number of hydrogen-bond acceptors (Lipinski definition) is 4. The van der Waals surface area contributed by atoms with Crippen LogP contribution in [0.1, 0.15) is 10.4 Å². The molecule has 0 saturated heterocycles. The average Bonchev–Trinajstić information content (AvgIpc) is 2.41. The second-order valence-electron chi connectivity index (χ2n) is 4.24. The Morgan fingerprint density at radius 2 is 2.05 bits per heavy atom. The van der Waals surface area contributed by atoms with Crippen LogP contribution in [-0.2, 0) is 7.05 Å². The summed E-state index contributed by atoms with van der Waals surface area (Å²) in [6.07, 6.45) is 1.49. The van der Waals surface area contributed by atoms with Crippen molar-refractivity contribution in [2.24, 2.45) is 7.05 Å². The zero-order chi connectivity index (χ0) is 15.6. The second kappa shape index (κ2) is 5.88. The maximum Gasteiger partial charge on any atom is 0.283 e. The lowest BCUT2D eigenvalue weighted by molar-refractivity contribution is -0.385. The lowest BCUT2D eigenvalue weighted by Gasteiger charge is -2.06. The largest absolute Gasteiger partial charge is 0.322 e. The van der Waals surface area contributed by atoms with Crippen LogP contribution in [0.15, 0.2) is 45.8 Å². The molecule has 0 unspecified atom stereocenters. The zero-order valence-electron chi connectivity index (χ0n) is 10.9. The van der Waals surface area contributed by atoms with Gasteiger partial charge in [-0.1, -0.05) is 0 Å². The van der Waals surface area contributed by atoms with Crippen LogP contribution in [0.4, 0.5) is 11.4 Å². The minimum Gasteiger partial charge on any atom is -0.322 e. The van der Waals surface area contributed by atoms with Gasteiger partial charge in [0.15, 0.2) is 0 Å². The summed E-state index contributed by atoms with van der Waals surface area (Å²) in [6.45, 7) is 0. The van der Waals surface area contributed by atoms with Crippen molar-refractivity contribution in [2.45, 2.75) is 0 Å². The van der Waals surface area contributed by atoms with Crippen LogP contribution in [0.2, 0.25) is 0 Å². The van der Waals surface area contributed by atoms with E-state index in [1.54, 1.807) is 7.05 Å². The van der Waals surface area contributed by atoms with Gasteiger partial charge in [0.1, 0.15) is 0 Å². The van der Waals surface area contributed by atoms with Gasteiger partial charge < -0.3 is 9.88 Å². The number of carbonyl (C=O) groups is 1. The molecule has 7 nitrogen and oxygen atoms in total. The van der Waals surface area contributed by atoms with Crippen LogP contribution in [0.3, 0.4) is 0 Å². The third kappa shape index (κ3) is 3.34. The molecule has 2 rings (SSSR count). The van der Waals surface area contributed by atoms with Gasteiger partial charge in [-0.15, -0.1) is 0 Å². The Morgan fingerprint density at radius 1 is 1.33 bits per heavy atom. The van der Waals surface area contributed by atoms with Crippen LogP contribution in [-0.4, -0.2) is 15.4 Å². The summed E-state index contributed by atoms with van der Waals surface area (Å²) in [5.41, 5.74) is 0.208. The molecule has 0 spiro atoms. The van der Waals surface area contributed by atoms with E-state index < -0.39 is 10.8 Å². The predicted octanol–water partition coefficient (Wildman–Crippen LogP) is 2.31. The van der Waals surface area contributed by atoms with E-state index in [0.717, 1.165) is 0 Å². The van der Waals surface area contributed by atoms with E-state index in [2.05, 4.69) is 21.2 Å². The molecule has 0 aliphatic rings. The molecule has 0 aliphatic heterocycles. The fraction of sp³-hybridized carbons (Fsp3) is 0.0769. The molecule has 8 heteroatoms. The fourth-order valence-corrected chi connectivity index (χ4v) is 2.15. The van der Waals surface area contributed by atoms with Crippen molar-refractivity contribution in [2.75, 3.05) is 5.32 Å². The smallest absolute Gasteiger partial charge is 0.283 e. The summed E-state index contributed by atoms with van der Waals surface area (Å²) in [7, 11) is 1.58. The average molecular weight is 352 g/mol. The third-order valence-electron chi connectivity index (χ3n) is 2.77. The van der Waals surface area contributed by atoms with E-state index in [0.29, 0.717) is 5.69 Å². The Labute approximate surface area is 127 Å². The summed E-state index contributed by atoms with van der Waals surface area (Å²) in [5, 5.41) is 13.3. The summed E-state index contributed by atoms with van der Waals surface area (Å²) in [4.78, 5) is 33.6. The monoisotopic (exact) mass is 351 g/mol. The van der Waals surface area contributed by atoms with Crippen LogP contribution < -0.4 is 10.9 Å². The lowest BCUT2D eigenvalue weighted by Crippen LogP contribution is -2.19. The maximum atomic E-state index is 12.0. The molecular weight excluding hydrogens is 342 g/mol. The highest BCUT2D eigenvalue weighted by atomic mass is 79.9. The van der Waals surface area contributed by atoms with Gasteiger partial charge in [-0.2, -0.15) is 0 Å². The number of anilines is 1. The summed E-state index contributed by atoms with van der Waals surface area (Å²) in [6, 6.07) is 6.86. The minimum absolute atomic E-state index is 0.0958. The molecule has 2 aromatic rings. The second-order valence-corrected chi connectivity index (χ2v) is 5.10. The molecule has 0 fully saturated rings. The first-order valence-corrected chi connectivity index (χ1v) is 6.60. The predicted molar refractivity (Wildman–Crippen MR) is 80.4 cm³/mol. The Kier molecular flexibility index (Phi) is 4.18. The Balaban J connectivity index is 2.23. The number of rotatable bonds is 3. The Hall–Kier alpha value is -2.48. The first kappa shape index (κ1) is 14.9. The number of nitrogens with one attached hydrogen (secondary N) is 1. The summed E-state index contributed by atoms with van der Waals surface area (Å²) < 4.78 is 1.61. The molecule has 1 amide bonds. The van der Waals surface area contributed by atoms with Crippen LogP contribution in [0.5, 0.6) is 0 Å². The van der Waals surface area contributed by atoms with E-state index in [9.17, 15) is 19.7 Å². The molecule has 0 atom stereocenters. The number of halogens is 1. The van der Waals surface area contributed by atoms with E-state index in [-0.39, 0.29) is 21.3 Å². The van der Waals surface area contributed by atoms with Gasteiger partial charge in [-0.3, -0.25) is 19.7 Å². The first-order valence-electron chi connectivity index (χ1n) is 5.80. The van der Waals surface area contributed by atoms with E-state index in [1.807, 2.05) is 0 Å². The highest BCUT2D eigenvalue weighted by Gasteiger charge is 2.13. The highest BCUT2D eigenvalue weighted by molar-refractivity contribution is 9.10. The number of hydrogen-bond donors (Lipinski definition) is 1. The van der Waals surface area contributed by atoms with Gasteiger partial charge in [0.25, 0.3) is 17.2 Å². The van der Waals surface area contributed by atoms with E-state index in [4.69, 9.17) is 0 Å². The van der Waals surface area contributed by atoms with Crippen molar-refractivity contribution >= 4 is 33.2 Å². The van der Waals surface area contributed by atoms with Crippen LogP contribution in [0.25, 0.3) is 0 Å². The van der Waals surface area contributed by atoms with Crippen molar-refractivity contribution in [3.05, 3.63) is 67.0 Å². The number of nitrogens with zero attached hydrogens (tertiary/aromatic N) is 2. The number of aryl methyl sites for hydroxylation is 1. The summed E-state index contributed by atoms with van der Waals surface area (Å²) in [5.74, 6) is -0.464. The van der Waals surface area contributed by atoms with Crippen molar-refractivity contribution in [3.8, 4) is 0 Å². The molecule has 108 valence electrons. The molecule has 21 heavy (non-hydrogen) atoms. The maximum absolute atomic E-state index is 12.0. The third-order valence-corrected chi connectivity index (χ3v) is 3.40. The van der Waals surface area contributed by atoms with Gasteiger partial charge >= 0.3 is 0 Å². The molecule has 0 saturated carbocycles.